The zero-order valence-electron chi connectivity index (χ0n) is 16.4. The van der Waals surface area contributed by atoms with E-state index < -0.39 is 0 Å². The van der Waals surface area contributed by atoms with Gasteiger partial charge in [0.05, 0.1) is 6.54 Å². The Balaban J connectivity index is 1.48. The lowest BCUT2D eigenvalue weighted by atomic mass is 10.1. The van der Waals surface area contributed by atoms with E-state index in [1.165, 1.54) is 38.3 Å². The lowest BCUT2D eigenvalue weighted by Crippen LogP contribution is -2.63. The van der Waals surface area contributed by atoms with Gasteiger partial charge in [0, 0.05) is 51.9 Å². The van der Waals surface area contributed by atoms with Crippen molar-refractivity contribution in [1.29, 1.82) is 0 Å². The summed E-state index contributed by atoms with van der Waals surface area (Å²) in [4.78, 5) is 9.88. The molecule has 3 aliphatic rings. The van der Waals surface area contributed by atoms with Gasteiger partial charge in [-0.15, -0.1) is 0 Å². The van der Waals surface area contributed by atoms with Gasteiger partial charge in [-0.1, -0.05) is 12.1 Å². The van der Waals surface area contributed by atoms with E-state index in [1.54, 1.807) is 0 Å². The number of aliphatic imine (C=N–C) groups is 1. The molecule has 3 fully saturated rings. The zero-order valence-corrected chi connectivity index (χ0v) is 16.4. The first-order valence-electron chi connectivity index (χ1n) is 9.86. The maximum atomic E-state index is 5.98. The molecule has 4 rings (SSSR count). The highest BCUT2D eigenvalue weighted by atomic mass is 16.5. The van der Waals surface area contributed by atoms with Gasteiger partial charge in [-0.2, -0.15) is 0 Å². The molecule has 3 saturated heterocycles. The Bertz CT molecular complexity index is 598. The number of fused-ring (bicyclic) bond motifs is 3. The predicted octanol–water partition coefficient (Wildman–Crippen LogP) is 1.32. The van der Waals surface area contributed by atoms with Crippen molar-refractivity contribution in [2.75, 3.05) is 52.4 Å². The first-order valence-corrected chi connectivity index (χ1v) is 9.86. The first-order chi connectivity index (χ1) is 12.6. The Morgan fingerprint density at radius 1 is 1.27 bits per heavy atom. The highest BCUT2D eigenvalue weighted by Gasteiger charge is 2.31. The average Bonchev–Trinajstić information content (AvgIpc) is 2.65. The summed E-state index contributed by atoms with van der Waals surface area (Å²) in [7, 11) is 0. The van der Waals surface area contributed by atoms with Crippen LogP contribution in [-0.4, -0.2) is 80.3 Å². The van der Waals surface area contributed by atoms with Crippen LogP contribution >= 0.6 is 0 Å². The van der Waals surface area contributed by atoms with Crippen molar-refractivity contribution < 1.29 is 4.74 Å². The van der Waals surface area contributed by atoms with Gasteiger partial charge in [-0.3, -0.25) is 9.80 Å². The van der Waals surface area contributed by atoms with E-state index in [0.717, 1.165) is 24.8 Å². The van der Waals surface area contributed by atoms with Crippen molar-refractivity contribution in [3.63, 3.8) is 0 Å². The first kappa shape index (κ1) is 19.0. The molecule has 1 aromatic carbocycles. The minimum Gasteiger partial charge on any atom is -0.489 e. The SMILES string of the molecule is CCNC(=NCC(C)Oc1cccc(C)c1)NCC1CN2CCN1CC2. The van der Waals surface area contributed by atoms with Crippen LogP contribution in [0.15, 0.2) is 29.3 Å². The maximum Gasteiger partial charge on any atom is 0.191 e. The van der Waals surface area contributed by atoms with Crippen molar-refractivity contribution in [2.45, 2.75) is 32.9 Å². The number of nitrogens with zero attached hydrogens (tertiary/aromatic N) is 3. The third kappa shape index (κ3) is 5.35. The molecule has 1 aromatic rings. The molecule has 2 bridgehead atoms. The van der Waals surface area contributed by atoms with Crippen LogP contribution in [0.25, 0.3) is 0 Å². The fraction of sp³-hybridized carbons (Fsp3) is 0.650. The van der Waals surface area contributed by atoms with E-state index in [1.807, 2.05) is 12.1 Å². The van der Waals surface area contributed by atoms with Crippen molar-refractivity contribution in [1.82, 2.24) is 20.4 Å². The van der Waals surface area contributed by atoms with E-state index in [4.69, 9.17) is 9.73 Å². The van der Waals surface area contributed by atoms with Crippen molar-refractivity contribution in [3.8, 4) is 5.75 Å². The second-order valence-corrected chi connectivity index (χ2v) is 7.34. The van der Waals surface area contributed by atoms with E-state index in [9.17, 15) is 0 Å². The lowest BCUT2D eigenvalue weighted by Gasteiger charge is -2.47. The van der Waals surface area contributed by atoms with Crippen LogP contribution in [-0.2, 0) is 0 Å². The topological polar surface area (TPSA) is 52.1 Å². The summed E-state index contributed by atoms with van der Waals surface area (Å²) in [6, 6.07) is 8.75. The lowest BCUT2D eigenvalue weighted by molar-refractivity contribution is 0.0154. The van der Waals surface area contributed by atoms with Gasteiger partial charge in [0.25, 0.3) is 0 Å². The predicted molar refractivity (Wildman–Crippen MR) is 107 cm³/mol. The van der Waals surface area contributed by atoms with Gasteiger partial charge in [-0.05, 0) is 38.5 Å². The summed E-state index contributed by atoms with van der Waals surface area (Å²) < 4.78 is 5.98. The molecule has 6 nitrogen and oxygen atoms in total. The van der Waals surface area contributed by atoms with Gasteiger partial charge in [0.1, 0.15) is 11.9 Å². The van der Waals surface area contributed by atoms with Gasteiger partial charge in [0.2, 0.25) is 0 Å². The van der Waals surface area contributed by atoms with Crippen molar-refractivity contribution in [3.05, 3.63) is 29.8 Å². The Kier molecular flexibility index (Phi) is 6.74. The van der Waals surface area contributed by atoms with Crippen LogP contribution in [0.5, 0.6) is 5.75 Å². The Hall–Kier alpha value is -1.79. The summed E-state index contributed by atoms with van der Waals surface area (Å²) in [6.45, 7) is 14.7. The molecule has 0 saturated carbocycles. The zero-order chi connectivity index (χ0) is 18.4. The van der Waals surface area contributed by atoms with Crippen molar-refractivity contribution in [2.24, 2.45) is 4.99 Å². The van der Waals surface area contributed by atoms with Crippen LogP contribution < -0.4 is 15.4 Å². The average molecular weight is 360 g/mol. The highest BCUT2D eigenvalue weighted by molar-refractivity contribution is 5.79. The molecule has 2 atom stereocenters. The van der Waals surface area contributed by atoms with E-state index >= 15 is 0 Å². The number of nitrogens with one attached hydrogen (secondary N) is 2. The number of ether oxygens (including phenoxy) is 1. The molecule has 144 valence electrons. The molecule has 2 unspecified atom stereocenters. The largest absolute Gasteiger partial charge is 0.489 e. The minimum absolute atomic E-state index is 0.0350. The van der Waals surface area contributed by atoms with Crippen LogP contribution in [0.3, 0.4) is 0 Å². The molecule has 0 aliphatic carbocycles. The van der Waals surface area contributed by atoms with Crippen LogP contribution in [0, 0.1) is 6.92 Å². The second kappa shape index (κ2) is 9.24. The smallest absolute Gasteiger partial charge is 0.191 e. The number of aryl methyl sites for hydroxylation is 1. The van der Waals surface area contributed by atoms with Crippen LogP contribution in [0.4, 0.5) is 0 Å². The fourth-order valence-corrected chi connectivity index (χ4v) is 3.65. The summed E-state index contributed by atoms with van der Waals surface area (Å²) in [5.41, 5.74) is 1.21. The third-order valence-corrected chi connectivity index (χ3v) is 5.07. The molecule has 0 radical (unpaired) electrons. The fourth-order valence-electron chi connectivity index (χ4n) is 3.65. The molecule has 2 N–H and O–H groups in total. The van der Waals surface area contributed by atoms with Gasteiger partial charge < -0.3 is 15.4 Å². The van der Waals surface area contributed by atoms with Gasteiger partial charge >= 0.3 is 0 Å². The van der Waals surface area contributed by atoms with Crippen molar-refractivity contribution >= 4 is 5.96 Å². The standard InChI is InChI=1S/C20H33N5O/c1-4-21-20(23-14-18-15-24-8-10-25(18)11-9-24)22-13-17(3)26-19-7-5-6-16(2)12-19/h5-7,12,17-18H,4,8-11,13-15H2,1-3H3,(H2,21,22,23). The molecule has 0 spiro atoms. The Morgan fingerprint density at radius 2 is 2.08 bits per heavy atom. The number of hydrogen-bond donors (Lipinski definition) is 2. The highest BCUT2D eigenvalue weighted by Crippen LogP contribution is 2.15. The van der Waals surface area contributed by atoms with Gasteiger partial charge in [0.15, 0.2) is 5.96 Å². The maximum absolute atomic E-state index is 5.98. The third-order valence-electron chi connectivity index (χ3n) is 5.07. The molecule has 3 heterocycles. The van der Waals surface area contributed by atoms with E-state index in [2.05, 4.69) is 53.3 Å². The number of guanidine groups is 1. The minimum atomic E-state index is 0.0350. The number of rotatable bonds is 7. The second-order valence-electron chi connectivity index (χ2n) is 7.34. The molecular weight excluding hydrogens is 326 g/mol. The molecule has 26 heavy (non-hydrogen) atoms. The van der Waals surface area contributed by atoms with E-state index in [0.29, 0.717) is 12.6 Å². The molecule has 0 amide bonds. The summed E-state index contributed by atoms with van der Waals surface area (Å²) >= 11 is 0. The Morgan fingerprint density at radius 3 is 2.73 bits per heavy atom. The summed E-state index contributed by atoms with van der Waals surface area (Å²) in [5.74, 6) is 1.79. The number of piperazine rings is 3. The van der Waals surface area contributed by atoms with E-state index in [-0.39, 0.29) is 6.10 Å². The van der Waals surface area contributed by atoms with Crippen LogP contribution in [0.1, 0.15) is 19.4 Å². The number of hydrogen-bond acceptors (Lipinski definition) is 4. The van der Waals surface area contributed by atoms with Crippen LogP contribution in [0.2, 0.25) is 0 Å². The summed E-state index contributed by atoms with van der Waals surface area (Å²) in [6.07, 6.45) is 0.0350. The summed E-state index contributed by atoms with van der Waals surface area (Å²) in [5, 5.41) is 6.86. The normalized spacial score (nSPS) is 26.4. The van der Waals surface area contributed by atoms with Gasteiger partial charge in [-0.25, -0.2) is 4.99 Å². The molecule has 3 aliphatic heterocycles. The molecule has 0 aromatic heterocycles. The molecule has 6 heteroatoms. The molecular formula is C20H33N5O. The quantitative estimate of drug-likeness (QED) is 0.568. The Labute approximate surface area is 157 Å². The number of benzene rings is 1. The monoisotopic (exact) mass is 359 g/mol.